The van der Waals surface area contributed by atoms with Crippen LogP contribution < -0.4 is 0 Å². The second-order valence-corrected chi connectivity index (χ2v) is 25.5. The zero-order valence-corrected chi connectivity index (χ0v) is 65.7. The quantitative estimate of drug-likeness (QED) is 0.0190. The number of hydrogen-bond acceptors (Lipinski definition) is 24. The summed E-state index contributed by atoms with van der Waals surface area (Å²) in [5.74, 6) is -4.81. The van der Waals surface area contributed by atoms with E-state index in [-0.39, 0.29) is 62.3 Å². The molecule has 4 fully saturated rings. The summed E-state index contributed by atoms with van der Waals surface area (Å²) in [7, 11) is 0. The smallest absolute Gasteiger partial charge is 0.335 e. The molecule has 0 bridgehead atoms. The molecule has 0 N–H and O–H groups in total. The second kappa shape index (κ2) is 61.8. The van der Waals surface area contributed by atoms with Crippen molar-refractivity contribution in [3.05, 3.63) is 97.2 Å². The highest BCUT2D eigenvalue weighted by Gasteiger charge is 2.29. The third-order valence-electron chi connectivity index (χ3n) is 13.4. The lowest BCUT2D eigenvalue weighted by atomic mass is 9.97. The van der Waals surface area contributed by atoms with Gasteiger partial charge in [0.25, 0.3) is 0 Å². The number of rotatable bonds is 34. The summed E-state index contributed by atoms with van der Waals surface area (Å²) in [6.45, 7) is 63.2. The summed E-state index contributed by atoms with van der Waals surface area (Å²) in [6.07, 6.45) is 20.1. The monoisotopic (exact) mass is 1450 g/mol. The highest BCUT2D eigenvalue weighted by Crippen LogP contribution is 2.27. The van der Waals surface area contributed by atoms with Crippen LogP contribution >= 0.6 is 0 Å². The highest BCUT2D eigenvalue weighted by molar-refractivity contribution is 5.89. The van der Waals surface area contributed by atoms with E-state index in [1.54, 1.807) is 96.9 Å². The van der Waals surface area contributed by atoms with Gasteiger partial charge in [-0.25, -0.2) is 38.4 Å². The van der Waals surface area contributed by atoms with Gasteiger partial charge in [-0.05, 0) is 140 Å². The zero-order valence-electron chi connectivity index (χ0n) is 65.7. The number of esters is 8. The normalized spacial score (nSPS) is 15.8. The summed E-state index contributed by atoms with van der Waals surface area (Å²) >= 11 is 0. The van der Waals surface area contributed by atoms with Gasteiger partial charge < -0.3 is 75.8 Å². The van der Waals surface area contributed by atoms with Crippen LogP contribution in [0.4, 0.5) is 0 Å². The van der Waals surface area contributed by atoms with Crippen molar-refractivity contribution in [3.8, 4) is 0 Å². The third-order valence-corrected chi connectivity index (χ3v) is 13.4. The highest BCUT2D eigenvalue weighted by atomic mass is 16.7. The minimum absolute atomic E-state index is 0.0161. The number of unbranched alkanes of at least 4 members (excludes halogenated alkanes) is 3. The van der Waals surface area contributed by atoms with Gasteiger partial charge in [-0.1, -0.05) is 125 Å². The number of carbonyl (C=O) groups is 8. The molecule has 0 aromatic rings. The van der Waals surface area contributed by atoms with Gasteiger partial charge in [-0.2, -0.15) is 0 Å². The zero-order chi connectivity index (χ0) is 78.8. The first-order valence-corrected chi connectivity index (χ1v) is 35.6. The lowest BCUT2D eigenvalue weighted by molar-refractivity contribution is -0.233. The minimum atomic E-state index is -0.856. The van der Waals surface area contributed by atoms with Gasteiger partial charge in [0.15, 0.2) is 19.9 Å². The predicted octanol–water partition coefficient (Wildman–Crippen LogP) is 16.4. The molecule has 588 valence electrons. The average molecular weight is 1450 g/mol. The largest absolute Gasteiger partial charge is 0.435 e. The molecular weight excluding hydrogens is 1320 g/mol. The van der Waals surface area contributed by atoms with Crippen LogP contribution in [0.25, 0.3) is 0 Å². The minimum Gasteiger partial charge on any atom is -0.435 e. The maximum atomic E-state index is 11.4. The van der Waals surface area contributed by atoms with Crippen LogP contribution in [0.1, 0.15) is 253 Å². The maximum Gasteiger partial charge on any atom is 0.335 e. The van der Waals surface area contributed by atoms with Gasteiger partial charge in [-0.3, -0.25) is 0 Å². The Balaban J connectivity index is -0.000000540. The first-order chi connectivity index (χ1) is 47.7. The Hall–Kier alpha value is -6.64. The molecule has 24 heteroatoms. The van der Waals surface area contributed by atoms with Crippen LogP contribution in [0.5, 0.6) is 0 Å². The van der Waals surface area contributed by atoms with Crippen molar-refractivity contribution in [2.75, 3.05) is 53.2 Å². The van der Waals surface area contributed by atoms with Crippen molar-refractivity contribution in [3.63, 3.8) is 0 Å². The maximum absolute atomic E-state index is 11.4. The van der Waals surface area contributed by atoms with Crippen LogP contribution in [0.2, 0.25) is 0 Å². The van der Waals surface area contributed by atoms with E-state index in [0.29, 0.717) is 84.2 Å². The molecule has 2 saturated carbocycles. The van der Waals surface area contributed by atoms with Crippen molar-refractivity contribution < 1.29 is 114 Å². The van der Waals surface area contributed by atoms with Gasteiger partial charge in [-0.15, -0.1) is 0 Å². The van der Waals surface area contributed by atoms with E-state index in [9.17, 15) is 38.4 Å². The molecule has 2 aliphatic heterocycles. The summed E-state index contributed by atoms with van der Waals surface area (Å²) in [6, 6.07) is 0. The molecule has 4 rings (SSSR count). The summed E-state index contributed by atoms with van der Waals surface area (Å²) in [5, 5.41) is 0. The Bertz CT molecular complexity index is 2500. The van der Waals surface area contributed by atoms with Crippen molar-refractivity contribution in [1.82, 2.24) is 0 Å². The Labute approximate surface area is 611 Å². The van der Waals surface area contributed by atoms with Gasteiger partial charge >= 0.3 is 47.8 Å². The SMILES string of the molecule is C=C(C)C(=O)OC(C)(C)OC1CCCCC1.C=C(C)C(=O)OC(C)(C)OCCCC.C=C(C)C(=O)OC(C)OC1CCCC1.C=C(C)C(=O)OC(C)OCCCC.C=C(C)C(=O)OC1CCCCO1.C=C(C)C(=O)OC1CCCO1.C=C(C)C(=O)OCOCC.C=C(C)C(=O)OCOCCCC. The van der Waals surface area contributed by atoms with E-state index < -0.39 is 48.0 Å². The molecule has 4 unspecified atom stereocenters. The molecule has 4 aliphatic rings. The Morgan fingerprint density at radius 3 is 1.16 bits per heavy atom. The summed E-state index contributed by atoms with van der Waals surface area (Å²) in [5.41, 5.74) is 3.22. The van der Waals surface area contributed by atoms with Crippen molar-refractivity contribution in [2.45, 2.75) is 302 Å². The van der Waals surface area contributed by atoms with Crippen LogP contribution in [-0.4, -0.2) is 150 Å². The third kappa shape index (κ3) is 62.0. The van der Waals surface area contributed by atoms with E-state index in [2.05, 4.69) is 82.9 Å². The van der Waals surface area contributed by atoms with Gasteiger partial charge in [0.1, 0.15) is 0 Å². The molecule has 102 heavy (non-hydrogen) atoms. The van der Waals surface area contributed by atoms with Crippen LogP contribution in [0, 0.1) is 0 Å². The Morgan fingerprint density at radius 2 is 0.765 bits per heavy atom. The lowest BCUT2D eigenvalue weighted by Crippen LogP contribution is -2.36. The van der Waals surface area contributed by atoms with Gasteiger partial charge in [0, 0.05) is 91.7 Å². The topological polar surface area (TPSA) is 284 Å². The molecule has 0 aromatic carbocycles. The van der Waals surface area contributed by atoms with Crippen LogP contribution in [-0.2, 0) is 114 Å². The van der Waals surface area contributed by atoms with E-state index in [0.717, 1.165) is 96.3 Å². The van der Waals surface area contributed by atoms with Crippen LogP contribution in [0.15, 0.2) is 97.2 Å². The number of carbonyl (C=O) groups excluding carboxylic acids is 8. The molecule has 0 spiro atoms. The van der Waals surface area contributed by atoms with E-state index in [1.807, 2.05) is 6.92 Å². The fourth-order valence-electron chi connectivity index (χ4n) is 7.68. The number of ether oxygens (including phenoxy) is 16. The Morgan fingerprint density at radius 1 is 0.402 bits per heavy atom. The standard InChI is InChI=1S/C13H22O3.C11H18O3.C11H20O3.C10H18O3.C9H14O3.C9H16O3.C8H12O3.C7H12O3/c1-10(2)12(14)16-13(3,4)15-11-8-6-5-7-9-11;1-8(2)11(12)14-9(3)13-10-6-4-5-7-10;1-6-7-8-13-11(4,5)14-10(12)9(2)3;1-5-6-7-12-9(4)13-10(11)8(2)3;1-7(2)9(10)12-8-5-3-4-6-11-8;1-4-5-6-11-7-12-9(10)8(2)3;1-6(2)8(9)11-7-4-3-5-10-7;1-4-9-5-10-7(8)6(2)3/h11H,1,5-9H2,2-4H3;9-10H,1,4-7H2,2-3H3;2,6-8H2,1,3-5H3;9H,2,5-7H2,1,3-4H3;8H,1,3-6H2,2H3;2,4-7H2,1,3H3;7H,1,3-5H2,2H3;2,4-5H2,1,3H3. The molecule has 0 aromatic heterocycles. The fraction of sp³-hybridized carbons (Fsp3) is 0.692. The van der Waals surface area contributed by atoms with Gasteiger partial charge in [0.05, 0.1) is 45.2 Å². The van der Waals surface area contributed by atoms with Crippen molar-refractivity contribution >= 4 is 47.8 Å². The van der Waals surface area contributed by atoms with E-state index in [1.165, 1.54) is 32.1 Å². The van der Waals surface area contributed by atoms with E-state index >= 15 is 0 Å². The van der Waals surface area contributed by atoms with E-state index in [4.69, 9.17) is 66.3 Å². The number of hydrogen-bond donors (Lipinski definition) is 0. The van der Waals surface area contributed by atoms with Crippen molar-refractivity contribution in [1.29, 1.82) is 0 Å². The molecular formula is C78H132O24. The first-order valence-electron chi connectivity index (χ1n) is 35.6. The molecule has 0 radical (unpaired) electrons. The lowest BCUT2D eigenvalue weighted by Gasteiger charge is -2.32. The molecule has 2 saturated heterocycles. The van der Waals surface area contributed by atoms with Gasteiger partial charge in [0.2, 0.25) is 30.4 Å². The second-order valence-electron chi connectivity index (χ2n) is 25.5. The molecule has 24 nitrogen and oxygen atoms in total. The molecule has 2 aliphatic carbocycles. The average Bonchev–Trinajstić information content (AvgIpc) is 1.11. The molecule has 4 atom stereocenters. The predicted molar refractivity (Wildman–Crippen MR) is 392 cm³/mol. The van der Waals surface area contributed by atoms with Crippen molar-refractivity contribution in [2.24, 2.45) is 0 Å². The summed E-state index contributed by atoms with van der Waals surface area (Å²) in [4.78, 5) is 88.0. The summed E-state index contributed by atoms with van der Waals surface area (Å²) < 4.78 is 81.5. The fourth-order valence-corrected chi connectivity index (χ4v) is 7.68. The molecule has 2 heterocycles. The molecule has 0 amide bonds. The van der Waals surface area contributed by atoms with Crippen LogP contribution in [0.3, 0.4) is 0 Å². The first kappa shape index (κ1) is 102. The Kier molecular flexibility index (Phi) is 61.6.